The van der Waals surface area contributed by atoms with E-state index >= 15 is 0 Å². The van der Waals surface area contributed by atoms with Gasteiger partial charge in [0, 0.05) is 0 Å². The van der Waals surface area contributed by atoms with E-state index in [1.165, 1.54) is 0 Å². The van der Waals surface area contributed by atoms with Crippen LogP contribution in [0.25, 0.3) is 0 Å². The van der Waals surface area contributed by atoms with Crippen molar-refractivity contribution in [2.45, 2.75) is 25.8 Å². The number of aliphatic hydroxyl groups excluding tert-OH is 2. The van der Waals surface area contributed by atoms with Crippen LogP contribution in [0.15, 0.2) is 12.3 Å². The Morgan fingerprint density at radius 3 is 2.31 bits per heavy atom. The predicted molar refractivity (Wildman–Crippen MR) is 51.1 cm³/mol. The maximum absolute atomic E-state index is 9.04. The van der Waals surface area contributed by atoms with E-state index < -0.39 is 5.54 Å². The van der Waals surface area contributed by atoms with E-state index in [0.29, 0.717) is 12.2 Å². The van der Waals surface area contributed by atoms with Gasteiger partial charge in [0.05, 0.1) is 24.5 Å². The van der Waals surface area contributed by atoms with Crippen LogP contribution in [0.1, 0.15) is 20.3 Å². The van der Waals surface area contributed by atoms with Gasteiger partial charge in [-0.2, -0.15) is 0 Å². The molecule has 0 rings (SSSR count). The summed E-state index contributed by atoms with van der Waals surface area (Å²) in [5.74, 6) is 0.605. The molecule has 0 aliphatic rings. The van der Waals surface area contributed by atoms with Crippen molar-refractivity contribution in [3.8, 4) is 0 Å². The summed E-state index contributed by atoms with van der Waals surface area (Å²) in [7, 11) is 0. The van der Waals surface area contributed by atoms with Gasteiger partial charge in [-0.05, 0) is 13.3 Å². The third-order valence-electron chi connectivity index (χ3n) is 2.05. The number of hydrogen-bond acceptors (Lipinski definition) is 4. The van der Waals surface area contributed by atoms with Gasteiger partial charge in [-0.15, -0.1) is 0 Å². The Morgan fingerprint density at radius 2 is 2.00 bits per heavy atom. The van der Waals surface area contributed by atoms with Gasteiger partial charge in [-0.3, -0.25) is 5.32 Å². The lowest BCUT2D eigenvalue weighted by atomic mass is 9.99. The van der Waals surface area contributed by atoms with Crippen molar-refractivity contribution < 1.29 is 14.9 Å². The van der Waals surface area contributed by atoms with Crippen molar-refractivity contribution in [3.63, 3.8) is 0 Å². The molecule has 4 heteroatoms. The molecule has 4 nitrogen and oxygen atoms in total. The molecule has 78 valence electrons. The van der Waals surface area contributed by atoms with Crippen LogP contribution in [0, 0.1) is 0 Å². The van der Waals surface area contributed by atoms with Crippen LogP contribution >= 0.6 is 0 Å². The Kier molecular flexibility index (Phi) is 5.70. The van der Waals surface area contributed by atoms with Crippen LogP contribution in [-0.2, 0) is 4.74 Å². The molecule has 0 heterocycles. The Bertz CT molecular complexity index is 147. The molecule has 0 atom stereocenters. The van der Waals surface area contributed by atoms with E-state index in [-0.39, 0.29) is 19.9 Å². The van der Waals surface area contributed by atoms with Crippen molar-refractivity contribution in [2.24, 2.45) is 0 Å². The molecule has 0 aliphatic heterocycles. The molecular formula is C9H19NO3. The quantitative estimate of drug-likeness (QED) is 0.396. The number of allylic oxidation sites excluding steroid dienone is 1. The second-order valence-electron chi connectivity index (χ2n) is 3.12. The zero-order valence-corrected chi connectivity index (χ0v) is 8.34. The fraction of sp³-hybridized carbons (Fsp3) is 0.778. The monoisotopic (exact) mass is 189 g/mol. The fourth-order valence-electron chi connectivity index (χ4n) is 0.823. The highest BCUT2D eigenvalue weighted by Gasteiger charge is 2.25. The van der Waals surface area contributed by atoms with Crippen LogP contribution in [0.4, 0.5) is 0 Å². The van der Waals surface area contributed by atoms with Crippen LogP contribution in [0.3, 0.4) is 0 Å². The molecule has 0 fully saturated rings. The van der Waals surface area contributed by atoms with Crippen LogP contribution in [-0.4, -0.2) is 35.7 Å². The molecule has 0 bridgehead atoms. The lowest BCUT2D eigenvalue weighted by Gasteiger charge is -2.29. The summed E-state index contributed by atoms with van der Waals surface area (Å²) in [6, 6.07) is 0. The molecule has 0 radical (unpaired) electrons. The highest BCUT2D eigenvalue weighted by atomic mass is 16.5. The summed E-state index contributed by atoms with van der Waals surface area (Å²) in [4.78, 5) is 0. The Hall–Kier alpha value is -0.580. The number of rotatable bonds is 7. The minimum Gasteiger partial charge on any atom is -0.484 e. The van der Waals surface area contributed by atoms with Gasteiger partial charge in [-0.1, -0.05) is 13.5 Å². The van der Waals surface area contributed by atoms with Gasteiger partial charge >= 0.3 is 0 Å². The number of ether oxygens (including phenoxy) is 1. The van der Waals surface area contributed by atoms with Crippen molar-refractivity contribution >= 4 is 0 Å². The van der Waals surface area contributed by atoms with E-state index in [1.807, 2.05) is 6.92 Å². The van der Waals surface area contributed by atoms with Crippen molar-refractivity contribution in [1.29, 1.82) is 0 Å². The lowest BCUT2D eigenvalue weighted by Crippen LogP contribution is -2.51. The maximum atomic E-state index is 9.04. The predicted octanol–water partition coefficient (Wildman–Crippen LogP) is 0.217. The molecule has 0 aliphatic carbocycles. The topological polar surface area (TPSA) is 61.7 Å². The molecule has 0 aromatic heterocycles. The first-order valence-electron chi connectivity index (χ1n) is 4.35. The van der Waals surface area contributed by atoms with Gasteiger partial charge in [0.2, 0.25) is 0 Å². The summed E-state index contributed by atoms with van der Waals surface area (Å²) < 4.78 is 5.08. The van der Waals surface area contributed by atoms with Gasteiger partial charge in [0.1, 0.15) is 6.73 Å². The first-order chi connectivity index (χ1) is 6.10. The van der Waals surface area contributed by atoms with E-state index in [9.17, 15) is 0 Å². The number of nitrogens with one attached hydrogen (secondary N) is 1. The minimum atomic E-state index is -0.643. The van der Waals surface area contributed by atoms with Gasteiger partial charge in [0.25, 0.3) is 0 Å². The molecule has 0 unspecified atom stereocenters. The normalized spacial score (nSPS) is 11.4. The zero-order chi connectivity index (χ0) is 10.3. The zero-order valence-electron chi connectivity index (χ0n) is 8.34. The first kappa shape index (κ1) is 12.4. The molecule has 0 spiro atoms. The standard InChI is InChI=1S/C9H19NO3/c1-4-9(5-11,6-12)10-7-13-8(2)3/h10-12H,2,4-7H2,1,3H3. The van der Waals surface area contributed by atoms with Crippen molar-refractivity contribution in [3.05, 3.63) is 12.3 Å². The van der Waals surface area contributed by atoms with Crippen LogP contribution in [0.2, 0.25) is 0 Å². The molecule has 0 aromatic carbocycles. The highest BCUT2D eigenvalue weighted by molar-refractivity contribution is 4.85. The van der Waals surface area contributed by atoms with E-state index in [2.05, 4.69) is 11.9 Å². The molecule has 0 saturated heterocycles. The van der Waals surface area contributed by atoms with Crippen molar-refractivity contribution in [1.82, 2.24) is 5.32 Å². The van der Waals surface area contributed by atoms with Gasteiger partial charge < -0.3 is 14.9 Å². The molecule has 0 saturated carbocycles. The molecule has 3 N–H and O–H groups in total. The lowest BCUT2D eigenvalue weighted by molar-refractivity contribution is 0.0545. The average molecular weight is 189 g/mol. The Balaban J connectivity index is 3.88. The van der Waals surface area contributed by atoms with Gasteiger partial charge in [0.15, 0.2) is 0 Å². The molecule has 0 aromatic rings. The smallest absolute Gasteiger partial charge is 0.139 e. The molecule has 0 amide bonds. The Morgan fingerprint density at radius 1 is 1.46 bits per heavy atom. The van der Waals surface area contributed by atoms with E-state index in [0.717, 1.165) is 0 Å². The summed E-state index contributed by atoms with van der Waals surface area (Å²) in [5.41, 5.74) is -0.643. The summed E-state index contributed by atoms with van der Waals surface area (Å²) in [6.07, 6.45) is 0.638. The highest BCUT2D eigenvalue weighted by Crippen LogP contribution is 2.07. The van der Waals surface area contributed by atoms with Gasteiger partial charge in [-0.25, -0.2) is 0 Å². The SMILES string of the molecule is C=C(C)OCNC(CC)(CO)CO. The fourth-order valence-corrected chi connectivity index (χ4v) is 0.823. The number of hydrogen-bond donors (Lipinski definition) is 3. The van der Waals surface area contributed by atoms with Crippen molar-refractivity contribution in [2.75, 3.05) is 19.9 Å². The summed E-state index contributed by atoms with van der Waals surface area (Å²) in [6.45, 7) is 7.23. The summed E-state index contributed by atoms with van der Waals surface area (Å²) >= 11 is 0. The second kappa shape index (κ2) is 5.96. The van der Waals surface area contributed by atoms with Crippen LogP contribution < -0.4 is 5.32 Å². The second-order valence-corrected chi connectivity index (χ2v) is 3.12. The third kappa shape index (κ3) is 4.26. The minimum absolute atomic E-state index is 0.112. The number of aliphatic hydroxyl groups is 2. The first-order valence-corrected chi connectivity index (χ1v) is 4.35. The molecule has 13 heavy (non-hydrogen) atoms. The Labute approximate surface area is 79.2 Å². The van der Waals surface area contributed by atoms with E-state index in [4.69, 9.17) is 14.9 Å². The average Bonchev–Trinajstić information content (AvgIpc) is 2.13. The third-order valence-corrected chi connectivity index (χ3v) is 2.05. The maximum Gasteiger partial charge on any atom is 0.139 e. The largest absolute Gasteiger partial charge is 0.484 e. The van der Waals surface area contributed by atoms with E-state index in [1.54, 1.807) is 6.92 Å². The summed E-state index contributed by atoms with van der Waals surface area (Å²) in [5, 5.41) is 21.0. The molecular weight excluding hydrogens is 170 g/mol. The van der Waals surface area contributed by atoms with Crippen LogP contribution in [0.5, 0.6) is 0 Å².